The summed E-state index contributed by atoms with van der Waals surface area (Å²) in [4.78, 5) is 24.7. The standard InChI is InChI=1S/C23H22ClN3O3/c1-3-20(23(29)25-17-10-6-4-7-11-17)30-21(28)15-14-19-16(2)26-27(22(19)24)18-12-8-5-9-13-18/h4-15,20H,3H2,1-2H3,(H,25,29)/b15-14+. The van der Waals surface area contributed by atoms with Crippen molar-refractivity contribution < 1.29 is 14.3 Å². The number of halogens is 1. The fourth-order valence-electron chi connectivity index (χ4n) is 2.84. The Morgan fingerprint density at radius 1 is 1.13 bits per heavy atom. The first-order valence-corrected chi connectivity index (χ1v) is 9.92. The Bertz CT molecular complexity index is 1050. The van der Waals surface area contributed by atoms with Gasteiger partial charge in [0.05, 0.1) is 11.4 Å². The summed E-state index contributed by atoms with van der Waals surface area (Å²) in [6, 6.07) is 18.5. The van der Waals surface area contributed by atoms with Gasteiger partial charge in [0.25, 0.3) is 5.91 Å². The number of nitrogens with zero attached hydrogens (tertiary/aromatic N) is 2. The maximum absolute atomic E-state index is 12.4. The van der Waals surface area contributed by atoms with Gasteiger partial charge in [-0.05, 0) is 43.7 Å². The fraction of sp³-hybridized carbons (Fsp3) is 0.174. The SMILES string of the molecule is CCC(OC(=O)/C=C/c1c(C)nn(-c2ccccc2)c1Cl)C(=O)Nc1ccccc1. The van der Waals surface area contributed by atoms with E-state index < -0.39 is 12.1 Å². The first-order valence-electron chi connectivity index (χ1n) is 9.54. The van der Waals surface area contributed by atoms with Crippen LogP contribution in [0.2, 0.25) is 5.15 Å². The summed E-state index contributed by atoms with van der Waals surface area (Å²) < 4.78 is 6.92. The lowest BCUT2D eigenvalue weighted by Gasteiger charge is -2.15. The first kappa shape index (κ1) is 21.3. The minimum atomic E-state index is -0.897. The van der Waals surface area contributed by atoms with E-state index in [9.17, 15) is 9.59 Å². The number of aromatic nitrogens is 2. The van der Waals surface area contributed by atoms with E-state index in [1.54, 1.807) is 36.7 Å². The zero-order chi connectivity index (χ0) is 21.5. The Labute approximate surface area is 180 Å². The van der Waals surface area contributed by atoms with E-state index >= 15 is 0 Å². The summed E-state index contributed by atoms with van der Waals surface area (Å²) in [5, 5.41) is 7.55. The summed E-state index contributed by atoms with van der Waals surface area (Å²) in [6.07, 6.45) is 2.26. The monoisotopic (exact) mass is 423 g/mol. The molecule has 1 unspecified atom stereocenters. The second kappa shape index (κ2) is 9.89. The van der Waals surface area contributed by atoms with Crippen LogP contribution in [0.4, 0.5) is 5.69 Å². The van der Waals surface area contributed by atoms with Crippen LogP contribution >= 0.6 is 11.6 Å². The molecule has 0 aliphatic heterocycles. The maximum Gasteiger partial charge on any atom is 0.331 e. The molecule has 0 saturated carbocycles. The van der Waals surface area contributed by atoms with E-state index in [0.29, 0.717) is 28.5 Å². The van der Waals surface area contributed by atoms with Crippen LogP contribution in [-0.2, 0) is 14.3 Å². The average molecular weight is 424 g/mol. The highest BCUT2D eigenvalue weighted by Crippen LogP contribution is 2.24. The van der Waals surface area contributed by atoms with Crippen molar-refractivity contribution in [3.8, 4) is 5.69 Å². The van der Waals surface area contributed by atoms with Crippen molar-refractivity contribution >= 4 is 35.2 Å². The quantitative estimate of drug-likeness (QED) is 0.437. The lowest BCUT2D eigenvalue weighted by molar-refractivity contribution is -0.149. The van der Waals surface area contributed by atoms with E-state index in [2.05, 4.69) is 10.4 Å². The summed E-state index contributed by atoms with van der Waals surface area (Å²) >= 11 is 6.45. The number of aryl methyl sites for hydroxylation is 1. The van der Waals surface area contributed by atoms with Crippen LogP contribution < -0.4 is 5.32 Å². The molecule has 7 heteroatoms. The highest BCUT2D eigenvalue weighted by atomic mass is 35.5. The molecule has 3 aromatic rings. The Morgan fingerprint density at radius 2 is 1.77 bits per heavy atom. The predicted molar refractivity (Wildman–Crippen MR) is 118 cm³/mol. The van der Waals surface area contributed by atoms with Gasteiger partial charge in [-0.2, -0.15) is 5.10 Å². The normalized spacial score (nSPS) is 12.0. The van der Waals surface area contributed by atoms with Gasteiger partial charge in [0.2, 0.25) is 0 Å². The lowest BCUT2D eigenvalue weighted by atomic mass is 10.2. The Morgan fingerprint density at radius 3 is 2.40 bits per heavy atom. The highest BCUT2D eigenvalue weighted by molar-refractivity contribution is 6.31. The third-order valence-corrected chi connectivity index (χ3v) is 4.76. The molecule has 1 atom stereocenters. The van der Waals surface area contributed by atoms with Gasteiger partial charge in [0.1, 0.15) is 5.15 Å². The van der Waals surface area contributed by atoms with E-state index in [-0.39, 0.29) is 5.91 Å². The number of amides is 1. The molecule has 0 saturated heterocycles. The van der Waals surface area contributed by atoms with E-state index in [1.165, 1.54) is 6.08 Å². The smallest absolute Gasteiger partial charge is 0.331 e. The highest BCUT2D eigenvalue weighted by Gasteiger charge is 2.20. The number of hydrogen-bond donors (Lipinski definition) is 1. The van der Waals surface area contributed by atoms with Gasteiger partial charge in [-0.15, -0.1) is 0 Å². The molecule has 0 spiro atoms. The number of ether oxygens (including phenoxy) is 1. The molecule has 1 aromatic heterocycles. The third-order valence-electron chi connectivity index (χ3n) is 4.40. The largest absolute Gasteiger partial charge is 0.449 e. The summed E-state index contributed by atoms with van der Waals surface area (Å²) in [7, 11) is 0. The molecule has 30 heavy (non-hydrogen) atoms. The molecule has 1 amide bonds. The molecule has 0 bridgehead atoms. The van der Waals surface area contributed by atoms with Crippen molar-refractivity contribution in [3.05, 3.63) is 83.2 Å². The predicted octanol–water partition coefficient (Wildman–Crippen LogP) is 4.81. The lowest BCUT2D eigenvalue weighted by Crippen LogP contribution is -2.31. The van der Waals surface area contributed by atoms with Gasteiger partial charge in [-0.3, -0.25) is 4.79 Å². The summed E-state index contributed by atoms with van der Waals surface area (Å²) in [5.41, 5.74) is 2.74. The van der Waals surface area contributed by atoms with Crippen molar-refractivity contribution in [3.63, 3.8) is 0 Å². The fourth-order valence-corrected chi connectivity index (χ4v) is 3.17. The zero-order valence-electron chi connectivity index (χ0n) is 16.7. The molecule has 1 heterocycles. The van der Waals surface area contributed by atoms with Gasteiger partial charge >= 0.3 is 5.97 Å². The molecule has 3 rings (SSSR count). The first-order chi connectivity index (χ1) is 14.5. The number of carbonyl (C=O) groups excluding carboxylic acids is 2. The van der Waals surface area contributed by atoms with Crippen molar-refractivity contribution in [2.24, 2.45) is 0 Å². The van der Waals surface area contributed by atoms with Crippen molar-refractivity contribution in [2.75, 3.05) is 5.32 Å². The number of hydrogen-bond acceptors (Lipinski definition) is 4. The van der Waals surface area contributed by atoms with Gasteiger partial charge in [-0.25, -0.2) is 9.48 Å². The summed E-state index contributed by atoms with van der Waals surface area (Å²) in [5.74, 6) is -1.01. The molecule has 2 aromatic carbocycles. The second-order valence-electron chi connectivity index (χ2n) is 6.56. The number of anilines is 1. The van der Waals surface area contributed by atoms with Crippen LogP contribution in [-0.4, -0.2) is 27.8 Å². The van der Waals surface area contributed by atoms with Crippen molar-refractivity contribution in [1.82, 2.24) is 9.78 Å². The molecular formula is C23H22ClN3O3. The van der Waals surface area contributed by atoms with Gasteiger partial charge in [0, 0.05) is 17.3 Å². The van der Waals surface area contributed by atoms with Crippen molar-refractivity contribution in [2.45, 2.75) is 26.4 Å². The van der Waals surface area contributed by atoms with Crippen LogP contribution in [0.1, 0.15) is 24.6 Å². The van der Waals surface area contributed by atoms with Gasteiger partial charge in [0.15, 0.2) is 6.10 Å². The molecule has 0 aliphatic carbocycles. The molecule has 154 valence electrons. The Hall–Kier alpha value is -3.38. The van der Waals surface area contributed by atoms with Gasteiger partial charge < -0.3 is 10.1 Å². The zero-order valence-corrected chi connectivity index (χ0v) is 17.5. The minimum absolute atomic E-state index is 0.351. The number of esters is 1. The Balaban J connectivity index is 1.68. The van der Waals surface area contributed by atoms with Crippen LogP contribution in [0.15, 0.2) is 66.7 Å². The number of rotatable bonds is 7. The Kier molecular flexibility index (Phi) is 7.03. The topological polar surface area (TPSA) is 73.2 Å². The molecule has 0 radical (unpaired) electrons. The second-order valence-corrected chi connectivity index (χ2v) is 6.92. The van der Waals surface area contributed by atoms with E-state index in [1.807, 2.05) is 48.5 Å². The van der Waals surface area contributed by atoms with Crippen LogP contribution in [0.25, 0.3) is 11.8 Å². The molecule has 1 N–H and O–H groups in total. The van der Waals surface area contributed by atoms with Crippen LogP contribution in [0, 0.1) is 6.92 Å². The number of para-hydroxylation sites is 2. The molecule has 0 fully saturated rings. The van der Waals surface area contributed by atoms with Gasteiger partial charge in [-0.1, -0.05) is 54.9 Å². The maximum atomic E-state index is 12.4. The number of benzene rings is 2. The van der Waals surface area contributed by atoms with Crippen LogP contribution in [0.5, 0.6) is 0 Å². The van der Waals surface area contributed by atoms with E-state index in [0.717, 1.165) is 5.69 Å². The molecule has 6 nitrogen and oxygen atoms in total. The minimum Gasteiger partial charge on any atom is -0.449 e. The number of carbonyl (C=O) groups is 2. The molecular weight excluding hydrogens is 402 g/mol. The van der Waals surface area contributed by atoms with Crippen molar-refractivity contribution in [1.29, 1.82) is 0 Å². The summed E-state index contributed by atoms with van der Waals surface area (Å²) in [6.45, 7) is 3.58. The molecule has 0 aliphatic rings. The van der Waals surface area contributed by atoms with Crippen LogP contribution in [0.3, 0.4) is 0 Å². The average Bonchev–Trinajstić information content (AvgIpc) is 3.05. The number of nitrogens with one attached hydrogen (secondary N) is 1. The van der Waals surface area contributed by atoms with E-state index in [4.69, 9.17) is 16.3 Å². The third kappa shape index (κ3) is 5.15.